The number of hydrogen-bond donors (Lipinski definition) is 1. The number of fused-ring (bicyclic) bond motifs is 1. The zero-order valence-corrected chi connectivity index (χ0v) is 19.2. The second-order valence-corrected chi connectivity index (χ2v) is 8.44. The number of nitrogens with zero attached hydrogens (tertiary/aromatic N) is 2. The Labute approximate surface area is 198 Å². The SMILES string of the molecule is O=C(Nc1cnn(Cc2cccc3ccccc23)c1)c1ccc(COc2ccc(Br)cc2)o1. The predicted molar refractivity (Wildman–Crippen MR) is 130 cm³/mol. The van der Waals surface area contributed by atoms with E-state index in [1.54, 1.807) is 29.2 Å². The molecular weight excluding hydrogens is 482 g/mol. The Morgan fingerprint density at radius 2 is 1.82 bits per heavy atom. The lowest BCUT2D eigenvalue weighted by molar-refractivity contribution is 0.0992. The number of carbonyl (C=O) groups excluding carboxylic acids is 1. The van der Waals surface area contributed by atoms with Crippen molar-refractivity contribution in [2.75, 3.05) is 5.32 Å². The van der Waals surface area contributed by atoms with Crippen molar-refractivity contribution in [1.29, 1.82) is 0 Å². The Morgan fingerprint density at radius 3 is 2.70 bits per heavy atom. The van der Waals surface area contributed by atoms with Crippen molar-refractivity contribution >= 4 is 38.3 Å². The number of rotatable bonds is 7. The van der Waals surface area contributed by atoms with Crippen LogP contribution in [0.25, 0.3) is 10.8 Å². The van der Waals surface area contributed by atoms with Crippen LogP contribution in [0, 0.1) is 0 Å². The van der Waals surface area contributed by atoms with E-state index in [2.05, 4.69) is 50.6 Å². The third-order valence-corrected chi connectivity index (χ3v) is 5.71. The molecule has 0 spiro atoms. The van der Waals surface area contributed by atoms with E-state index < -0.39 is 0 Å². The molecule has 5 rings (SSSR count). The maximum Gasteiger partial charge on any atom is 0.291 e. The molecule has 0 saturated heterocycles. The largest absolute Gasteiger partial charge is 0.486 e. The Kier molecular flexibility index (Phi) is 5.95. The summed E-state index contributed by atoms with van der Waals surface area (Å²) in [4.78, 5) is 12.6. The summed E-state index contributed by atoms with van der Waals surface area (Å²) in [5, 5.41) is 9.60. The molecule has 164 valence electrons. The molecule has 2 heterocycles. The van der Waals surface area contributed by atoms with Gasteiger partial charge >= 0.3 is 0 Å². The van der Waals surface area contributed by atoms with Crippen molar-refractivity contribution in [1.82, 2.24) is 9.78 Å². The van der Waals surface area contributed by atoms with Crippen LogP contribution in [0.1, 0.15) is 21.9 Å². The van der Waals surface area contributed by atoms with Crippen molar-refractivity contribution in [2.45, 2.75) is 13.2 Å². The summed E-state index contributed by atoms with van der Waals surface area (Å²) in [6.45, 7) is 0.841. The highest BCUT2D eigenvalue weighted by Crippen LogP contribution is 2.21. The fourth-order valence-electron chi connectivity index (χ4n) is 3.57. The van der Waals surface area contributed by atoms with Gasteiger partial charge in [-0.3, -0.25) is 9.48 Å². The molecule has 1 amide bonds. The van der Waals surface area contributed by atoms with E-state index in [9.17, 15) is 4.79 Å². The Hall–Kier alpha value is -3.84. The third-order valence-electron chi connectivity index (χ3n) is 5.18. The number of halogens is 1. The number of nitrogens with one attached hydrogen (secondary N) is 1. The number of anilines is 1. The number of hydrogen-bond acceptors (Lipinski definition) is 4. The smallest absolute Gasteiger partial charge is 0.291 e. The maximum absolute atomic E-state index is 12.6. The minimum absolute atomic E-state index is 0.214. The Morgan fingerprint density at radius 1 is 1.00 bits per heavy atom. The Balaban J connectivity index is 1.21. The molecule has 7 heteroatoms. The van der Waals surface area contributed by atoms with Gasteiger partial charge in [-0.2, -0.15) is 5.10 Å². The maximum atomic E-state index is 12.6. The van der Waals surface area contributed by atoms with Gasteiger partial charge in [0.05, 0.1) is 18.4 Å². The van der Waals surface area contributed by atoms with Crippen LogP contribution in [0.3, 0.4) is 0 Å². The second kappa shape index (κ2) is 9.34. The average molecular weight is 502 g/mol. The molecular formula is C26H20BrN3O3. The molecule has 3 aromatic carbocycles. The van der Waals surface area contributed by atoms with Crippen LogP contribution in [0.4, 0.5) is 5.69 Å². The lowest BCUT2D eigenvalue weighted by atomic mass is 10.0. The Bertz CT molecular complexity index is 1400. The summed E-state index contributed by atoms with van der Waals surface area (Å²) < 4.78 is 14.1. The van der Waals surface area contributed by atoms with Gasteiger partial charge in [0, 0.05) is 10.7 Å². The number of ether oxygens (including phenoxy) is 1. The number of carbonyl (C=O) groups is 1. The van der Waals surface area contributed by atoms with Gasteiger partial charge in [-0.25, -0.2) is 0 Å². The van der Waals surface area contributed by atoms with Gasteiger partial charge in [-0.05, 0) is 52.7 Å². The quantitative estimate of drug-likeness (QED) is 0.285. The first-order chi connectivity index (χ1) is 16.1. The number of aromatic nitrogens is 2. The van der Waals surface area contributed by atoms with Crippen LogP contribution in [0.2, 0.25) is 0 Å². The highest BCUT2D eigenvalue weighted by molar-refractivity contribution is 9.10. The van der Waals surface area contributed by atoms with Crippen LogP contribution in [-0.4, -0.2) is 15.7 Å². The predicted octanol–water partition coefficient (Wildman–Crippen LogP) is 6.27. The lowest BCUT2D eigenvalue weighted by Gasteiger charge is -2.06. The summed E-state index contributed by atoms with van der Waals surface area (Å²) in [7, 11) is 0. The van der Waals surface area contributed by atoms with E-state index in [1.165, 1.54) is 10.8 Å². The van der Waals surface area contributed by atoms with Gasteiger partial charge in [-0.15, -0.1) is 0 Å². The first-order valence-corrected chi connectivity index (χ1v) is 11.2. The molecule has 0 aliphatic heterocycles. The molecule has 0 aliphatic carbocycles. The highest BCUT2D eigenvalue weighted by atomic mass is 79.9. The second-order valence-electron chi connectivity index (χ2n) is 7.53. The van der Waals surface area contributed by atoms with E-state index in [0.29, 0.717) is 18.0 Å². The molecule has 0 bridgehead atoms. The van der Waals surface area contributed by atoms with E-state index >= 15 is 0 Å². The number of amides is 1. The molecule has 0 fully saturated rings. The summed E-state index contributed by atoms with van der Waals surface area (Å²) >= 11 is 3.39. The minimum atomic E-state index is -0.338. The van der Waals surface area contributed by atoms with Crippen molar-refractivity contribution in [3.05, 3.63) is 113 Å². The van der Waals surface area contributed by atoms with Crippen molar-refractivity contribution in [2.24, 2.45) is 0 Å². The van der Waals surface area contributed by atoms with E-state index in [0.717, 1.165) is 15.8 Å². The van der Waals surface area contributed by atoms with E-state index in [1.807, 2.05) is 42.5 Å². The molecule has 33 heavy (non-hydrogen) atoms. The zero-order chi connectivity index (χ0) is 22.6. The van der Waals surface area contributed by atoms with E-state index in [4.69, 9.17) is 9.15 Å². The van der Waals surface area contributed by atoms with Crippen molar-refractivity contribution in [3.63, 3.8) is 0 Å². The van der Waals surface area contributed by atoms with Crippen molar-refractivity contribution < 1.29 is 13.9 Å². The first kappa shape index (κ1) is 21.0. The van der Waals surface area contributed by atoms with Gasteiger partial charge in [0.25, 0.3) is 5.91 Å². The van der Waals surface area contributed by atoms with Gasteiger partial charge in [0.2, 0.25) is 0 Å². The summed E-state index contributed by atoms with van der Waals surface area (Å²) in [5.74, 6) is 1.16. The van der Waals surface area contributed by atoms with Crippen LogP contribution in [0.5, 0.6) is 5.75 Å². The molecule has 6 nitrogen and oxygen atoms in total. The van der Waals surface area contributed by atoms with Gasteiger partial charge in [0.15, 0.2) is 5.76 Å². The molecule has 0 radical (unpaired) electrons. The highest BCUT2D eigenvalue weighted by Gasteiger charge is 2.13. The van der Waals surface area contributed by atoms with Crippen LogP contribution in [0.15, 0.2) is 100 Å². The lowest BCUT2D eigenvalue weighted by Crippen LogP contribution is -2.10. The monoisotopic (exact) mass is 501 g/mol. The average Bonchev–Trinajstić information content (AvgIpc) is 3.49. The molecule has 0 saturated carbocycles. The number of benzene rings is 3. The zero-order valence-electron chi connectivity index (χ0n) is 17.6. The van der Waals surface area contributed by atoms with Crippen LogP contribution < -0.4 is 10.1 Å². The number of furan rings is 1. The van der Waals surface area contributed by atoms with Crippen molar-refractivity contribution in [3.8, 4) is 5.75 Å². The van der Waals surface area contributed by atoms with Gasteiger partial charge in [0.1, 0.15) is 18.1 Å². The topological polar surface area (TPSA) is 69.3 Å². The van der Waals surface area contributed by atoms with Crippen LogP contribution >= 0.6 is 15.9 Å². The fourth-order valence-corrected chi connectivity index (χ4v) is 3.84. The van der Waals surface area contributed by atoms with Gasteiger partial charge in [-0.1, -0.05) is 58.4 Å². The molecule has 0 atom stereocenters. The summed E-state index contributed by atoms with van der Waals surface area (Å²) in [6.07, 6.45) is 3.43. The summed E-state index contributed by atoms with van der Waals surface area (Å²) in [6, 6.07) is 25.4. The molecule has 1 N–H and O–H groups in total. The third kappa shape index (κ3) is 4.99. The summed E-state index contributed by atoms with van der Waals surface area (Å²) in [5.41, 5.74) is 1.76. The van der Waals surface area contributed by atoms with Crippen LogP contribution in [-0.2, 0) is 13.2 Å². The normalized spacial score (nSPS) is 10.9. The minimum Gasteiger partial charge on any atom is -0.486 e. The fraction of sp³-hybridized carbons (Fsp3) is 0.0769. The van der Waals surface area contributed by atoms with E-state index in [-0.39, 0.29) is 18.3 Å². The molecule has 2 aromatic heterocycles. The molecule has 5 aromatic rings. The standard InChI is InChI=1S/C26H20BrN3O3/c27-20-8-10-22(11-9-20)32-17-23-12-13-25(33-23)26(31)29-21-14-28-30(16-21)15-19-6-3-5-18-4-1-2-7-24(18)19/h1-14,16H,15,17H2,(H,29,31). The molecule has 0 unspecified atom stereocenters. The van der Waals surface area contributed by atoms with Gasteiger partial charge < -0.3 is 14.5 Å². The first-order valence-electron chi connectivity index (χ1n) is 10.4. The molecule has 0 aliphatic rings.